The Balaban J connectivity index is 1.76. The Morgan fingerprint density at radius 1 is 1.40 bits per heavy atom. The van der Waals surface area contributed by atoms with E-state index >= 15 is 0 Å². The molecule has 1 fully saturated rings. The van der Waals surface area contributed by atoms with Crippen LogP contribution in [0.2, 0.25) is 0 Å². The number of esters is 1. The van der Waals surface area contributed by atoms with Crippen LogP contribution in [0.4, 0.5) is 0 Å². The van der Waals surface area contributed by atoms with Crippen molar-refractivity contribution in [3.05, 3.63) is 18.3 Å². The molecule has 25 heavy (non-hydrogen) atoms. The molecule has 136 valence electrons. The maximum absolute atomic E-state index is 12.7. The quantitative estimate of drug-likeness (QED) is 0.778. The lowest BCUT2D eigenvalue weighted by Gasteiger charge is -2.36. The summed E-state index contributed by atoms with van der Waals surface area (Å²) in [6.45, 7) is 8.87. The van der Waals surface area contributed by atoms with Gasteiger partial charge in [-0.3, -0.25) is 4.79 Å². The van der Waals surface area contributed by atoms with Gasteiger partial charge >= 0.3 is 5.97 Å². The molecular formula is C19H28N4O2. The van der Waals surface area contributed by atoms with Crippen molar-refractivity contribution in [2.75, 3.05) is 0 Å². The van der Waals surface area contributed by atoms with Crippen molar-refractivity contribution in [2.24, 2.45) is 17.8 Å². The summed E-state index contributed by atoms with van der Waals surface area (Å²) >= 11 is 0. The number of hydrogen-bond acceptors (Lipinski definition) is 5. The summed E-state index contributed by atoms with van der Waals surface area (Å²) in [6.07, 6.45) is 7.27. The molecule has 0 N–H and O–H groups in total. The molecule has 3 atom stereocenters. The lowest BCUT2D eigenvalue weighted by atomic mass is 9.75. The van der Waals surface area contributed by atoms with E-state index in [0.717, 1.165) is 30.6 Å². The second-order valence-corrected chi connectivity index (χ2v) is 7.55. The fraction of sp³-hybridized carbons (Fsp3) is 0.684. The number of carbonyl (C=O) groups is 1. The van der Waals surface area contributed by atoms with Gasteiger partial charge in [0.25, 0.3) is 0 Å². The smallest absolute Gasteiger partial charge is 0.326 e. The maximum atomic E-state index is 12.7. The van der Waals surface area contributed by atoms with Crippen LogP contribution in [0.15, 0.2) is 12.5 Å². The minimum atomic E-state index is -0.192. The minimum absolute atomic E-state index is 0.0207. The number of ether oxygens (including phenoxy) is 1. The Morgan fingerprint density at radius 3 is 2.92 bits per heavy atom. The van der Waals surface area contributed by atoms with Gasteiger partial charge in [0.05, 0.1) is 6.20 Å². The standard InChI is InChI=1S/C19H28N4O2/c1-5-17-22-19-15(9-20-11-21-19)23(17)10-18(24)25-16-8-13(4)6-7-14(16)12(2)3/h9,11-14,16H,5-8,10H2,1-4H3/t13-,14+,16?/m1/s1. The first-order valence-corrected chi connectivity index (χ1v) is 9.34. The molecule has 0 bridgehead atoms. The summed E-state index contributed by atoms with van der Waals surface area (Å²) in [5, 5.41) is 0. The van der Waals surface area contributed by atoms with Crippen LogP contribution in [-0.2, 0) is 22.5 Å². The molecule has 6 heteroatoms. The van der Waals surface area contributed by atoms with E-state index < -0.39 is 0 Å². The van der Waals surface area contributed by atoms with Crippen molar-refractivity contribution in [2.45, 2.75) is 66.0 Å². The van der Waals surface area contributed by atoms with Gasteiger partial charge in [-0.25, -0.2) is 15.0 Å². The molecule has 6 nitrogen and oxygen atoms in total. The van der Waals surface area contributed by atoms with Gasteiger partial charge in [0.15, 0.2) is 5.65 Å². The molecule has 0 saturated heterocycles. The third-order valence-electron chi connectivity index (χ3n) is 5.36. The molecule has 0 aromatic carbocycles. The number of carbonyl (C=O) groups excluding carboxylic acids is 1. The maximum Gasteiger partial charge on any atom is 0.326 e. The summed E-state index contributed by atoms with van der Waals surface area (Å²) in [4.78, 5) is 25.4. The fourth-order valence-corrected chi connectivity index (χ4v) is 3.95. The topological polar surface area (TPSA) is 69.9 Å². The number of fused-ring (bicyclic) bond motifs is 1. The molecule has 3 rings (SSSR count). The highest BCUT2D eigenvalue weighted by atomic mass is 16.5. The van der Waals surface area contributed by atoms with Crippen LogP contribution in [0.5, 0.6) is 0 Å². The van der Waals surface area contributed by atoms with Crippen molar-refractivity contribution in [3.8, 4) is 0 Å². The zero-order valence-corrected chi connectivity index (χ0v) is 15.6. The van der Waals surface area contributed by atoms with Crippen molar-refractivity contribution in [1.82, 2.24) is 19.5 Å². The Kier molecular flexibility index (Phi) is 5.35. The monoisotopic (exact) mass is 344 g/mol. The third-order valence-corrected chi connectivity index (χ3v) is 5.36. The van der Waals surface area contributed by atoms with E-state index in [1.54, 1.807) is 6.20 Å². The fourth-order valence-electron chi connectivity index (χ4n) is 3.95. The van der Waals surface area contributed by atoms with Gasteiger partial charge in [-0.15, -0.1) is 0 Å². The molecule has 1 unspecified atom stereocenters. The molecule has 0 amide bonds. The van der Waals surface area contributed by atoms with Crippen LogP contribution in [0.25, 0.3) is 11.2 Å². The van der Waals surface area contributed by atoms with Gasteiger partial charge in [0.1, 0.15) is 30.3 Å². The number of aromatic nitrogens is 4. The summed E-state index contributed by atoms with van der Waals surface area (Å²) in [5.41, 5.74) is 1.42. The molecule has 2 aromatic heterocycles. The Hall–Kier alpha value is -1.98. The molecule has 1 aliphatic carbocycles. The number of nitrogens with zero attached hydrogens (tertiary/aromatic N) is 4. The third kappa shape index (κ3) is 3.83. The first-order chi connectivity index (χ1) is 12.0. The molecule has 0 aliphatic heterocycles. The predicted molar refractivity (Wildman–Crippen MR) is 95.9 cm³/mol. The second kappa shape index (κ2) is 7.50. The van der Waals surface area contributed by atoms with Crippen LogP contribution in [0, 0.1) is 17.8 Å². The lowest BCUT2D eigenvalue weighted by Crippen LogP contribution is -2.36. The Bertz CT molecular complexity index is 740. The number of imidazole rings is 1. The number of rotatable bonds is 5. The average molecular weight is 344 g/mol. The first kappa shape index (κ1) is 17.8. The van der Waals surface area contributed by atoms with E-state index in [1.807, 2.05) is 11.5 Å². The summed E-state index contributed by atoms with van der Waals surface area (Å²) in [7, 11) is 0. The van der Waals surface area contributed by atoms with Crippen LogP contribution in [-0.4, -0.2) is 31.6 Å². The van der Waals surface area contributed by atoms with Crippen LogP contribution in [0.1, 0.15) is 52.8 Å². The minimum Gasteiger partial charge on any atom is -0.461 e. The molecular weight excluding hydrogens is 316 g/mol. The van der Waals surface area contributed by atoms with Gasteiger partial charge in [-0.1, -0.05) is 34.1 Å². The number of hydrogen-bond donors (Lipinski definition) is 0. The summed E-state index contributed by atoms with van der Waals surface area (Å²) < 4.78 is 7.81. The summed E-state index contributed by atoms with van der Waals surface area (Å²) in [6, 6.07) is 0. The molecule has 0 radical (unpaired) electrons. The van der Waals surface area contributed by atoms with E-state index in [9.17, 15) is 4.79 Å². The van der Waals surface area contributed by atoms with Crippen molar-refractivity contribution < 1.29 is 9.53 Å². The molecule has 1 saturated carbocycles. The predicted octanol–water partition coefficient (Wildman–Crippen LogP) is 3.39. The van der Waals surface area contributed by atoms with Crippen molar-refractivity contribution in [1.29, 1.82) is 0 Å². The highest BCUT2D eigenvalue weighted by Crippen LogP contribution is 2.35. The van der Waals surface area contributed by atoms with E-state index in [1.165, 1.54) is 12.7 Å². The highest BCUT2D eigenvalue weighted by Gasteiger charge is 2.33. The van der Waals surface area contributed by atoms with Crippen LogP contribution >= 0.6 is 0 Å². The zero-order valence-electron chi connectivity index (χ0n) is 15.6. The zero-order chi connectivity index (χ0) is 18.0. The average Bonchev–Trinajstić information content (AvgIpc) is 2.92. The van der Waals surface area contributed by atoms with Crippen molar-refractivity contribution >= 4 is 17.1 Å². The number of aryl methyl sites for hydroxylation is 1. The molecule has 0 spiro atoms. The van der Waals surface area contributed by atoms with E-state index in [-0.39, 0.29) is 18.6 Å². The highest BCUT2D eigenvalue weighted by molar-refractivity contribution is 5.75. The van der Waals surface area contributed by atoms with E-state index in [4.69, 9.17) is 4.74 Å². The van der Waals surface area contributed by atoms with Gasteiger partial charge in [0.2, 0.25) is 0 Å². The second-order valence-electron chi connectivity index (χ2n) is 7.55. The van der Waals surface area contributed by atoms with Crippen LogP contribution < -0.4 is 0 Å². The first-order valence-electron chi connectivity index (χ1n) is 9.34. The normalized spacial score (nSPS) is 24.0. The van der Waals surface area contributed by atoms with Gasteiger partial charge < -0.3 is 9.30 Å². The van der Waals surface area contributed by atoms with E-state index in [2.05, 4.69) is 35.7 Å². The Labute approximate surface area is 149 Å². The van der Waals surface area contributed by atoms with Gasteiger partial charge in [0, 0.05) is 6.42 Å². The van der Waals surface area contributed by atoms with Gasteiger partial charge in [-0.05, 0) is 30.6 Å². The SMILES string of the molecule is CCc1nc2ncncc2n1CC(=O)OC1C[C@H](C)CC[C@H]1C(C)C. The molecule has 2 aromatic rings. The summed E-state index contributed by atoms with van der Waals surface area (Å²) in [5.74, 6) is 2.24. The Morgan fingerprint density at radius 2 is 2.20 bits per heavy atom. The van der Waals surface area contributed by atoms with E-state index in [0.29, 0.717) is 23.4 Å². The van der Waals surface area contributed by atoms with Gasteiger partial charge in [-0.2, -0.15) is 0 Å². The molecule has 2 heterocycles. The molecule has 1 aliphatic rings. The van der Waals surface area contributed by atoms with Crippen molar-refractivity contribution in [3.63, 3.8) is 0 Å². The van der Waals surface area contributed by atoms with Crippen LogP contribution in [0.3, 0.4) is 0 Å². The largest absolute Gasteiger partial charge is 0.461 e. The lowest BCUT2D eigenvalue weighted by molar-refractivity contribution is -0.156.